The molecule has 168 valence electrons. The molecular weight excluding hydrogens is 431 g/mol. The van der Waals surface area contributed by atoms with Crippen LogP contribution in [0, 0.1) is 11.2 Å². The molecule has 1 saturated carbocycles. The highest BCUT2D eigenvalue weighted by molar-refractivity contribution is 6.31. The van der Waals surface area contributed by atoms with E-state index in [0.717, 1.165) is 25.9 Å². The summed E-state index contributed by atoms with van der Waals surface area (Å²) in [6.45, 7) is 1.40. The minimum absolute atomic E-state index is 0.0829. The molecule has 2 saturated heterocycles. The van der Waals surface area contributed by atoms with Gasteiger partial charge in [-0.2, -0.15) is 9.97 Å². The van der Waals surface area contributed by atoms with Gasteiger partial charge in [0.1, 0.15) is 17.9 Å². The summed E-state index contributed by atoms with van der Waals surface area (Å²) in [4.78, 5) is 12.6. The number of benzene rings is 1. The third-order valence-electron chi connectivity index (χ3n) is 6.50. The van der Waals surface area contributed by atoms with Crippen LogP contribution in [0.4, 0.5) is 19.0 Å². The zero-order chi connectivity index (χ0) is 22.0. The molecular formula is C21H25ClF3N5O. The van der Waals surface area contributed by atoms with E-state index in [2.05, 4.69) is 20.2 Å². The highest BCUT2D eigenvalue weighted by Gasteiger charge is 2.71. The Kier molecular flexibility index (Phi) is 4.99. The Hall–Kier alpha value is -1.84. The lowest BCUT2D eigenvalue weighted by Gasteiger charge is -2.34. The normalized spacial score (nSPS) is 29.1. The Morgan fingerprint density at radius 1 is 1.23 bits per heavy atom. The van der Waals surface area contributed by atoms with Gasteiger partial charge in [0.2, 0.25) is 0 Å². The van der Waals surface area contributed by atoms with Crippen molar-refractivity contribution in [3.63, 3.8) is 0 Å². The Bertz CT molecular complexity index is 1010. The number of nitrogens with zero attached hydrogens (tertiary/aromatic N) is 4. The predicted octanol–water partition coefficient (Wildman–Crippen LogP) is 3.33. The van der Waals surface area contributed by atoms with E-state index in [-0.39, 0.29) is 36.1 Å². The van der Waals surface area contributed by atoms with Crippen molar-refractivity contribution in [2.75, 3.05) is 45.2 Å². The molecule has 6 nitrogen and oxygen atoms in total. The van der Waals surface area contributed by atoms with Gasteiger partial charge in [0.15, 0.2) is 5.82 Å². The third kappa shape index (κ3) is 3.81. The summed E-state index contributed by atoms with van der Waals surface area (Å²) in [5.74, 6) is -2.86. The fraction of sp³-hybridized carbons (Fsp3) is 0.619. The van der Waals surface area contributed by atoms with E-state index in [1.165, 1.54) is 6.07 Å². The average molecular weight is 456 g/mol. The van der Waals surface area contributed by atoms with Crippen LogP contribution in [0.25, 0.3) is 10.9 Å². The maximum atomic E-state index is 14.7. The van der Waals surface area contributed by atoms with Gasteiger partial charge < -0.3 is 19.9 Å². The molecule has 2 aromatic rings. The standard InChI is InChI=1S/C21H25ClF3N5O/c1-29(2)10-20(9-21(20,24)25)11-31-19-27-17-15(5-12(22)6-16(17)23)18(28-19)30-7-13-3-4-14(8-30)26-13/h5-6,13-14,26H,3-4,7-11H2,1-2H3/t13?,14?,20-/m0/s1. The topological polar surface area (TPSA) is 53.5 Å². The van der Waals surface area contributed by atoms with Crippen LogP contribution in [-0.4, -0.2) is 73.2 Å². The lowest BCUT2D eigenvalue weighted by Crippen LogP contribution is -2.51. The second kappa shape index (κ2) is 7.35. The number of anilines is 1. The zero-order valence-electron chi connectivity index (χ0n) is 17.5. The minimum Gasteiger partial charge on any atom is -0.463 e. The summed E-state index contributed by atoms with van der Waals surface area (Å²) in [6.07, 6.45) is 1.90. The maximum Gasteiger partial charge on any atom is 0.319 e. The van der Waals surface area contributed by atoms with Crippen molar-refractivity contribution in [1.82, 2.24) is 20.2 Å². The van der Waals surface area contributed by atoms with Crippen molar-refractivity contribution in [1.29, 1.82) is 0 Å². The van der Waals surface area contributed by atoms with Gasteiger partial charge >= 0.3 is 6.01 Å². The monoisotopic (exact) mass is 455 g/mol. The number of alkyl halides is 2. The number of halogens is 4. The van der Waals surface area contributed by atoms with E-state index in [9.17, 15) is 13.2 Å². The zero-order valence-corrected chi connectivity index (χ0v) is 18.2. The highest BCUT2D eigenvalue weighted by Crippen LogP contribution is 2.60. The first-order valence-electron chi connectivity index (χ1n) is 10.5. The number of nitrogens with one attached hydrogen (secondary N) is 1. The van der Waals surface area contributed by atoms with Crippen molar-refractivity contribution in [3.8, 4) is 6.01 Å². The minimum atomic E-state index is -2.80. The van der Waals surface area contributed by atoms with E-state index in [1.807, 2.05) is 0 Å². The Labute approximate surface area is 183 Å². The Morgan fingerprint density at radius 2 is 1.90 bits per heavy atom. The molecule has 10 heteroatoms. The molecule has 5 rings (SSSR count). The number of fused-ring (bicyclic) bond motifs is 3. The van der Waals surface area contributed by atoms with Gasteiger partial charge in [-0.3, -0.25) is 0 Å². The van der Waals surface area contributed by atoms with Crippen LogP contribution in [0.5, 0.6) is 6.01 Å². The molecule has 0 amide bonds. The first-order chi connectivity index (χ1) is 14.7. The van der Waals surface area contributed by atoms with Crippen molar-refractivity contribution >= 4 is 28.3 Å². The predicted molar refractivity (Wildman–Crippen MR) is 113 cm³/mol. The molecule has 3 heterocycles. The van der Waals surface area contributed by atoms with E-state index in [4.69, 9.17) is 16.3 Å². The van der Waals surface area contributed by atoms with Crippen molar-refractivity contribution < 1.29 is 17.9 Å². The van der Waals surface area contributed by atoms with Crippen LogP contribution in [0.3, 0.4) is 0 Å². The molecule has 0 radical (unpaired) electrons. The fourth-order valence-electron chi connectivity index (χ4n) is 4.96. The van der Waals surface area contributed by atoms with E-state index in [0.29, 0.717) is 23.3 Å². The lowest BCUT2D eigenvalue weighted by molar-refractivity contribution is 0.0288. The SMILES string of the molecule is CN(C)C[C@]1(COc2nc(N3CC4CCC(C3)N4)c3cc(Cl)cc(F)c3n2)CC1(F)F. The first-order valence-corrected chi connectivity index (χ1v) is 10.9. The quantitative estimate of drug-likeness (QED) is 0.721. The van der Waals surface area contributed by atoms with Crippen LogP contribution in [-0.2, 0) is 0 Å². The molecule has 2 unspecified atom stereocenters. The summed E-state index contributed by atoms with van der Waals surface area (Å²) >= 11 is 6.11. The number of piperazine rings is 1. The molecule has 0 spiro atoms. The number of ether oxygens (including phenoxy) is 1. The van der Waals surface area contributed by atoms with Crippen molar-refractivity contribution in [2.24, 2.45) is 5.41 Å². The summed E-state index contributed by atoms with van der Waals surface area (Å²) in [5, 5.41) is 4.30. The molecule has 2 aliphatic heterocycles. The summed E-state index contributed by atoms with van der Waals surface area (Å²) < 4.78 is 48.6. The van der Waals surface area contributed by atoms with Crippen molar-refractivity contribution in [3.05, 3.63) is 23.0 Å². The van der Waals surface area contributed by atoms with Crippen molar-refractivity contribution in [2.45, 2.75) is 37.3 Å². The maximum absolute atomic E-state index is 14.7. The first kappa shape index (κ1) is 21.0. The summed E-state index contributed by atoms with van der Waals surface area (Å²) in [6, 6.07) is 3.42. The van der Waals surface area contributed by atoms with Crippen LogP contribution < -0.4 is 15.0 Å². The Balaban J connectivity index is 1.49. The smallest absolute Gasteiger partial charge is 0.319 e. The molecule has 3 fully saturated rings. The largest absolute Gasteiger partial charge is 0.463 e. The molecule has 1 aromatic heterocycles. The number of rotatable bonds is 6. The molecule has 3 atom stereocenters. The van der Waals surface area contributed by atoms with E-state index in [1.54, 1.807) is 25.1 Å². The third-order valence-corrected chi connectivity index (χ3v) is 6.72. The molecule has 1 N–H and O–H groups in total. The fourth-order valence-corrected chi connectivity index (χ4v) is 5.16. The van der Waals surface area contributed by atoms with Crippen LogP contribution in [0.2, 0.25) is 5.02 Å². The van der Waals surface area contributed by atoms with Gasteiger partial charge in [-0.1, -0.05) is 11.6 Å². The highest BCUT2D eigenvalue weighted by atomic mass is 35.5. The molecule has 31 heavy (non-hydrogen) atoms. The van der Waals surface area contributed by atoms with Gasteiger partial charge in [-0.15, -0.1) is 0 Å². The second-order valence-electron chi connectivity index (χ2n) is 9.34. The van der Waals surface area contributed by atoms with E-state index < -0.39 is 17.2 Å². The number of aromatic nitrogens is 2. The lowest BCUT2D eigenvalue weighted by atomic mass is 10.1. The summed E-state index contributed by atoms with van der Waals surface area (Å²) in [5.41, 5.74) is -1.19. The van der Waals surface area contributed by atoms with E-state index >= 15 is 0 Å². The number of hydrogen-bond donors (Lipinski definition) is 1. The van der Waals surface area contributed by atoms with Crippen LogP contribution in [0.15, 0.2) is 12.1 Å². The molecule has 1 aliphatic carbocycles. The molecule has 1 aromatic carbocycles. The van der Waals surface area contributed by atoms with Gasteiger partial charge in [0, 0.05) is 48.5 Å². The molecule has 3 aliphatic rings. The average Bonchev–Trinajstić information content (AvgIpc) is 3.04. The Morgan fingerprint density at radius 3 is 2.52 bits per heavy atom. The van der Waals surface area contributed by atoms with Gasteiger partial charge in [-0.25, -0.2) is 13.2 Å². The van der Waals surface area contributed by atoms with Crippen LogP contribution in [0.1, 0.15) is 19.3 Å². The van der Waals surface area contributed by atoms with Gasteiger partial charge in [0.25, 0.3) is 5.92 Å². The second-order valence-corrected chi connectivity index (χ2v) is 9.78. The van der Waals surface area contributed by atoms with Gasteiger partial charge in [-0.05, 0) is 39.1 Å². The summed E-state index contributed by atoms with van der Waals surface area (Å²) in [7, 11) is 3.50. The number of hydrogen-bond acceptors (Lipinski definition) is 6. The van der Waals surface area contributed by atoms with Crippen LogP contribution >= 0.6 is 11.6 Å². The van der Waals surface area contributed by atoms with Gasteiger partial charge in [0.05, 0.1) is 5.41 Å². The molecule has 2 bridgehead atoms.